The van der Waals surface area contributed by atoms with Gasteiger partial charge in [-0.25, -0.2) is 4.98 Å². The lowest BCUT2D eigenvalue weighted by Crippen LogP contribution is -2.36. The fourth-order valence-corrected chi connectivity index (χ4v) is 3.93. The van der Waals surface area contributed by atoms with E-state index in [9.17, 15) is 10.2 Å². The Morgan fingerprint density at radius 1 is 1.07 bits per heavy atom. The van der Waals surface area contributed by atoms with E-state index in [1.54, 1.807) is 0 Å². The molecular formula is C19H26N6O2. The van der Waals surface area contributed by atoms with Gasteiger partial charge in [0.2, 0.25) is 5.95 Å². The summed E-state index contributed by atoms with van der Waals surface area (Å²) in [7, 11) is 1.91. The smallest absolute Gasteiger partial charge is 0.206 e. The summed E-state index contributed by atoms with van der Waals surface area (Å²) in [5, 5.41) is 27.0. The van der Waals surface area contributed by atoms with E-state index in [0.717, 1.165) is 55.2 Å². The van der Waals surface area contributed by atoms with E-state index >= 15 is 0 Å². The summed E-state index contributed by atoms with van der Waals surface area (Å²) >= 11 is 0. The lowest BCUT2D eigenvalue weighted by atomic mass is 9.93. The summed E-state index contributed by atoms with van der Waals surface area (Å²) in [6.45, 7) is 2.44. The first-order chi connectivity index (χ1) is 13.2. The number of para-hydroxylation sites is 2. The highest BCUT2D eigenvalue weighted by molar-refractivity contribution is 5.78. The summed E-state index contributed by atoms with van der Waals surface area (Å²) in [5.74, 6) is 3.04. The molecule has 1 fully saturated rings. The number of nitrogens with zero attached hydrogens (tertiary/aromatic N) is 6. The predicted octanol–water partition coefficient (Wildman–Crippen LogP) is 1.11. The van der Waals surface area contributed by atoms with Crippen molar-refractivity contribution in [3.63, 3.8) is 0 Å². The third-order valence-electron chi connectivity index (χ3n) is 5.52. The van der Waals surface area contributed by atoms with Gasteiger partial charge in [-0.15, -0.1) is 10.2 Å². The van der Waals surface area contributed by atoms with Crippen LogP contribution in [0.15, 0.2) is 24.3 Å². The monoisotopic (exact) mass is 370 g/mol. The normalized spacial score (nSPS) is 15.7. The van der Waals surface area contributed by atoms with Gasteiger partial charge in [-0.1, -0.05) is 12.1 Å². The van der Waals surface area contributed by atoms with E-state index in [2.05, 4.69) is 25.7 Å². The van der Waals surface area contributed by atoms with Gasteiger partial charge >= 0.3 is 0 Å². The third kappa shape index (κ3) is 3.42. The Morgan fingerprint density at radius 2 is 1.81 bits per heavy atom. The molecule has 0 bridgehead atoms. The van der Waals surface area contributed by atoms with Crippen LogP contribution in [0.3, 0.4) is 0 Å². The second-order valence-electron chi connectivity index (χ2n) is 7.16. The topological polar surface area (TPSA) is 92.2 Å². The number of imidazole rings is 1. The number of piperidine rings is 1. The van der Waals surface area contributed by atoms with Crippen molar-refractivity contribution in [2.45, 2.75) is 32.4 Å². The average molecular weight is 370 g/mol. The number of aromatic nitrogens is 5. The molecule has 27 heavy (non-hydrogen) atoms. The highest BCUT2D eigenvalue weighted by Gasteiger charge is 2.25. The van der Waals surface area contributed by atoms with Crippen molar-refractivity contribution >= 4 is 17.0 Å². The van der Waals surface area contributed by atoms with E-state index < -0.39 is 0 Å². The molecule has 0 atom stereocenters. The minimum atomic E-state index is -0.0803. The fraction of sp³-hybridized carbons (Fsp3) is 0.526. The van der Waals surface area contributed by atoms with Crippen LogP contribution in [0.1, 0.15) is 24.5 Å². The first kappa shape index (κ1) is 17.9. The Hall–Kier alpha value is -2.45. The molecule has 3 heterocycles. The van der Waals surface area contributed by atoms with Gasteiger partial charge in [-0.05, 0) is 30.9 Å². The number of anilines is 1. The summed E-state index contributed by atoms with van der Waals surface area (Å²) in [5.41, 5.74) is 2.04. The van der Waals surface area contributed by atoms with E-state index in [1.807, 2.05) is 29.8 Å². The van der Waals surface area contributed by atoms with Crippen molar-refractivity contribution in [3.05, 3.63) is 35.9 Å². The number of rotatable bonds is 6. The lowest BCUT2D eigenvalue weighted by molar-refractivity contribution is 0.266. The van der Waals surface area contributed by atoms with Crippen LogP contribution in [-0.2, 0) is 26.6 Å². The van der Waals surface area contributed by atoms with Crippen molar-refractivity contribution < 1.29 is 10.2 Å². The number of benzene rings is 1. The van der Waals surface area contributed by atoms with Crippen LogP contribution in [0.4, 0.5) is 5.95 Å². The average Bonchev–Trinajstić information content (AvgIpc) is 3.24. The van der Waals surface area contributed by atoms with Crippen molar-refractivity contribution in [2.75, 3.05) is 24.6 Å². The summed E-state index contributed by atoms with van der Waals surface area (Å²) in [6.07, 6.45) is 3.00. The van der Waals surface area contributed by atoms with Crippen LogP contribution >= 0.6 is 0 Å². The van der Waals surface area contributed by atoms with Crippen molar-refractivity contribution in [1.29, 1.82) is 0 Å². The maximum absolute atomic E-state index is 9.47. The summed E-state index contributed by atoms with van der Waals surface area (Å²) in [6, 6.07) is 8.08. The van der Waals surface area contributed by atoms with Gasteiger partial charge in [0, 0.05) is 33.1 Å². The Bertz CT molecular complexity index is 910. The molecule has 2 N–H and O–H groups in total. The van der Waals surface area contributed by atoms with Crippen molar-refractivity contribution in [1.82, 2.24) is 24.3 Å². The lowest BCUT2D eigenvalue weighted by Gasteiger charge is -2.32. The minimum absolute atomic E-state index is 0.0803. The number of hydrogen-bond acceptors (Lipinski definition) is 6. The Labute approximate surface area is 158 Å². The maximum atomic E-state index is 9.47. The fourth-order valence-electron chi connectivity index (χ4n) is 3.93. The van der Waals surface area contributed by atoms with Crippen molar-refractivity contribution in [2.24, 2.45) is 13.0 Å². The van der Waals surface area contributed by atoms with Crippen LogP contribution in [0.2, 0.25) is 0 Å². The quantitative estimate of drug-likeness (QED) is 0.675. The standard InChI is InChI=1S/C19H26N6O2/c1-23-17(21-22-18(23)13-27)12-14-6-8-24(9-7-14)19-20-15-4-2-3-5-16(15)25(19)10-11-26/h2-5,14,26-27H,6-13H2,1H3. The van der Waals surface area contributed by atoms with Gasteiger partial charge in [-0.3, -0.25) is 0 Å². The van der Waals surface area contributed by atoms with E-state index in [4.69, 9.17) is 4.98 Å². The molecule has 144 valence electrons. The molecule has 1 saturated heterocycles. The number of aliphatic hydroxyl groups excluding tert-OH is 2. The molecule has 0 saturated carbocycles. The summed E-state index contributed by atoms with van der Waals surface area (Å²) in [4.78, 5) is 7.14. The molecule has 4 rings (SSSR count). The predicted molar refractivity (Wildman–Crippen MR) is 102 cm³/mol. The van der Waals surface area contributed by atoms with Crippen LogP contribution in [0, 0.1) is 5.92 Å². The van der Waals surface area contributed by atoms with Gasteiger partial charge in [0.05, 0.1) is 17.6 Å². The molecule has 1 aromatic carbocycles. The first-order valence-electron chi connectivity index (χ1n) is 9.50. The van der Waals surface area contributed by atoms with E-state index in [1.165, 1.54) is 0 Å². The number of hydrogen-bond donors (Lipinski definition) is 2. The maximum Gasteiger partial charge on any atom is 0.206 e. The molecule has 0 spiro atoms. The van der Waals surface area contributed by atoms with E-state index in [-0.39, 0.29) is 13.2 Å². The van der Waals surface area contributed by atoms with Crippen molar-refractivity contribution in [3.8, 4) is 0 Å². The van der Waals surface area contributed by atoms with Gasteiger partial charge in [0.25, 0.3) is 0 Å². The minimum Gasteiger partial charge on any atom is -0.395 e. The van der Waals surface area contributed by atoms with Crippen LogP contribution < -0.4 is 4.90 Å². The number of aliphatic hydroxyl groups is 2. The molecule has 0 amide bonds. The van der Waals surface area contributed by atoms with E-state index in [0.29, 0.717) is 18.3 Å². The van der Waals surface area contributed by atoms with Gasteiger partial charge in [-0.2, -0.15) is 0 Å². The Balaban J connectivity index is 1.47. The SMILES string of the molecule is Cn1c(CO)nnc1CC1CCN(c2nc3ccccc3n2CCO)CC1. The molecule has 0 aliphatic carbocycles. The third-order valence-corrected chi connectivity index (χ3v) is 5.52. The molecule has 3 aromatic rings. The molecule has 8 nitrogen and oxygen atoms in total. The van der Waals surface area contributed by atoms with Gasteiger partial charge in [0.1, 0.15) is 12.4 Å². The summed E-state index contributed by atoms with van der Waals surface area (Å²) < 4.78 is 4.01. The number of fused-ring (bicyclic) bond motifs is 1. The zero-order chi connectivity index (χ0) is 18.8. The second kappa shape index (κ2) is 7.66. The highest BCUT2D eigenvalue weighted by Crippen LogP contribution is 2.28. The van der Waals surface area contributed by atoms with Gasteiger partial charge < -0.3 is 24.2 Å². The molecule has 1 aliphatic rings. The van der Waals surface area contributed by atoms with Crippen LogP contribution in [0.5, 0.6) is 0 Å². The largest absolute Gasteiger partial charge is 0.395 e. The highest BCUT2D eigenvalue weighted by atomic mass is 16.3. The Kier molecular flexibility index (Phi) is 5.09. The molecule has 0 radical (unpaired) electrons. The molecule has 8 heteroatoms. The van der Waals surface area contributed by atoms with Crippen LogP contribution in [0.25, 0.3) is 11.0 Å². The Morgan fingerprint density at radius 3 is 2.52 bits per heavy atom. The zero-order valence-electron chi connectivity index (χ0n) is 15.6. The molecule has 2 aromatic heterocycles. The van der Waals surface area contributed by atoms with Crippen LogP contribution in [-0.4, -0.2) is 54.2 Å². The molecule has 0 unspecified atom stereocenters. The molecule has 1 aliphatic heterocycles. The zero-order valence-corrected chi connectivity index (χ0v) is 15.6. The molecular weight excluding hydrogens is 344 g/mol. The first-order valence-corrected chi connectivity index (χ1v) is 9.50. The second-order valence-corrected chi connectivity index (χ2v) is 7.16. The van der Waals surface area contributed by atoms with Gasteiger partial charge in [0.15, 0.2) is 5.82 Å².